The molecule has 0 saturated carbocycles. The number of guanidine groups is 1. The standard InChI is InChI=1S/C23H32N4O2.HI/c1-4-24-23(26-16-20-8-5-9-21(27-20)28-3)25-15-19-7-6-14-29-22(19)18-12-10-17(2)11-13-18;/h5,8-13,19,22H,4,6-7,14-16H2,1-3H3,(H2,24,25,26);1H. The Balaban J connectivity index is 0.00000320. The molecule has 7 heteroatoms. The molecule has 2 atom stereocenters. The van der Waals surface area contributed by atoms with Gasteiger partial charge >= 0.3 is 0 Å². The molecule has 1 aromatic carbocycles. The van der Waals surface area contributed by atoms with Gasteiger partial charge in [-0.3, -0.25) is 0 Å². The first-order valence-corrected chi connectivity index (χ1v) is 10.4. The van der Waals surface area contributed by atoms with Gasteiger partial charge < -0.3 is 20.1 Å². The molecule has 0 radical (unpaired) electrons. The molecule has 1 fully saturated rings. The quantitative estimate of drug-likeness (QED) is 0.322. The van der Waals surface area contributed by atoms with E-state index in [0.29, 0.717) is 18.3 Å². The smallest absolute Gasteiger partial charge is 0.213 e. The second-order valence-electron chi connectivity index (χ2n) is 7.35. The highest BCUT2D eigenvalue weighted by Gasteiger charge is 2.27. The lowest BCUT2D eigenvalue weighted by atomic mass is 9.89. The molecule has 0 bridgehead atoms. The fourth-order valence-electron chi connectivity index (χ4n) is 3.57. The molecule has 6 nitrogen and oxygen atoms in total. The van der Waals surface area contributed by atoms with Crippen LogP contribution in [0.1, 0.15) is 42.7 Å². The molecule has 1 aliphatic rings. The Bertz CT molecular complexity index is 798. The second-order valence-corrected chi connectivity index (χ2v) is 7.35. The maximum absolute atomic E-state index is 6.14. The van der Waals surface area contributed by atoms with Crippen molar-refractivity contribution in [2.45, 2.75) is 39.3 Å². The number of pyridine rings is 1. The van der Waals surface area contributed by atoms with Crippen LogP contribution in [0.2, 0.25) is 0 Å². The Hall–Kier alpha value is -1.87. The van der Waals surface area contributed by atoms with Gasteiger partial charge in [-0.05, 0) is 38.3 Å². The number of nitrogens with one attached hydrogen (secondary N) is 2. The molecule has 2 aromatic rings. The molecule has 2 N–H and O–H groups in total. The van der Waals surface area contributed by atoms with Crippen molar-refractivity contribution >= 4 is 29.9 Å². The SMILES string of the molecule is CCNC(=NCc1cccc(OC)n1)NCC1CCCOC1c1ccc(C)cc1.I. The van der Waals surface area contributed by atoms with E-state index in [4.69, 9.17) is 9.47 Å². The average Bonchev–Trinajstić information content (AvgIpc) is 2.76. The third kappa shape index (κ3) is 7.12. The molecule has 164 valence electrons. The topological polar surface area (TPSA) is 67.8 Å². The molecule has 2 heterocycles. The Morgan fingerprint density at radius 1 is 1.20 bits per heavy atom. The van der Waals surface area contributed by atoms with Gasteiger partial charge in [0.25, 0.3) is 0 Å². The molecular formula is C23H33IN4O2. The van der Waals surface area contributed by atoms with Gasteiger partial charge in [-0.15, -0.1) is 24.0 Å². The monoisotopic (exact) mass is 524 g/mol. The largest absolute Gasteiger partial charge is 0.481 e. The number of aromatic nitrogens is 1. The molecule has 1 aliphatic heterocycles. The number of aryl methyl sites for hydroxylation is 1. The highest BCUT2D eigenvalue weighted by atomic mass is 127. The third-order valence-electron chi connectivity index (χ3n) is 5.12. The number of hydrogen-bond acceptors (Lipinski definition) is 4. The van der Waals surface area contributed by atoms with Crippen LogP contribution in [-0.4, -0.2) is 37.7 Å². The van der Waals surface area contributed by atoms with E-state index < -0.39 is 0 Å². The predicted octanol–water partition coefficient (Wildman–Crippen LogP) is 4.24. The Kier molecular flexibility index (Phi) is 10.4. The van der Waals surface area contributed by atoms with Crippen LogP contribution in [-0.2, 0) is 11.3 Å². The number of nitrogens with zero attached hydrogens (tertiary/aromatic N) is 2. The van der Waals surface area contributed by atoms with Gasteiger partial charge in [0.05, 0.1) is 25.5 Å². The fourth-order valence-corrected chi connectivity index (χ4v) is 3.57. The summed E-state index contributed by atoms with van der Waals surface area (Å²) in [4.78, 5) is 9.12. The third-order valence-corrected chi connectivity index (χ3v) is 5.12. The lowest BCUT2D eigenvalue weighted by molar-refractivity contribution is -0.0265. The average molecular weight is 524 g/mol. The van der Waals surface area contributed by atoms with Crippen LogP contribution in [0.3, 0.4) is 0 Å². The van der Waals surface area contributed by atoms with E-state index >= 15 is 0 Å². The molecule has 30 heavy (non-hydrogen) atoms. The summed E-state index contributed by atoms with van der Waals surface area (Å²) in [6, 6.07) is 14.4. The minimum Gasteiger partial charge on any atom is -0.481 e. The highest BCUT2D eigenvalue weighted by molar-refractivity contribution is 14.0. The number of aliphatic imine (C=N–C) groups is 1. The van der Waals surface area contributed by atoms with Crippen molar-refractivity contribution < 1.29 is 9.47 Å². The fraction of sp³-hybridized carbons (Fsp3) is 0.478. The van der Waals surface area contributed by atoms with Gasteiger partial charge in [-0.2, -0.15) is 0 Å². The number of halogens is 1. The minimum atomic E-state index is 0. The van der Waals surface area contributed by atoms with Crippen molar-refractivity contribution in [2.24, 2.45) is 10.9 Å². The van der Waals surface area contributed by atoms with Crippen LogP contribution in [0.5, 0.6) is 5.88 Å². The first kappa shape index (κ1) is 24.4. The molecule has 0 aliphatic carbocycles. The van der Waals surface area contributed by atoms with Crippen LogP contribution in [0, 0.1) is 12.8 Å². The van der Waals surface area contributed by atoms with Crippen LogP contribution in [0.25, 0.3) is 0 Å². The van der Waals surface area contributed by atoms with E-state index in [9.17, 15) is 0 Å². The van der Waals surface area contributed by atoms with E-state index in [-0.39, 0.29) is 30.1 Å². The van der Waals surface area contributed by atoms with Crippen molar-refractivity contribution in [3.05, 3.63) is 59.3 Å². The first-order valence-electron chi connectivity index (χ1n) is 10.4. The lowest BCUT2D eigenvalue weighted by Gasteiger charge is -2.32. The van der Waals surface area contributed by atoms with Crippen LogP contribution in [0.15, 0.2) is 47.5 Å². The molecular weight excluding hydrogens is 491 g/mol. The molecule has 0 amide bonds. The molecule has 3 rings (SSSR count). The van der Waals surface area contributed by atoms with E-state index in [1.807, 2.05) is 18.2 Å². The lowest BCUT2D eigenvalue weighted by Crippen LogP contribution is -2.42. The van der Waals surface area contributed by atoms with Crippen molar-refractivity contribution in [3.8, 4) is 5.88 Å². The zero-order valence-electron chi connectivity index (χ0n) is 18.1. The van der Waals surface area contributed by atoms with Gasteiger partial charge in [0.2, 0.25) is 5.88 Å². The summed E-state index contributed by atoms with van der Waals surface area (Å²) < 4.78 is 11.3. The summed E-state index contributed by atoms with van der Waals surface area (Å²) in [5.41, 5.74) is 3.40. The summed E-state index contributed by atoms with van der Waals surface area (Å²) in [7, 11) is 1.62. The normalized spacial score (nSPS) is 19.0. The maximum Gasteiger partial charge on any atom is 0.213 e. The van der Waals surface area contributed by atoms with Gasteiger partial charge in [-0.1, -0.05) is 35.9 Å². The molecule has 2 unspecified atom stereocenters. The van der Waals surface area contributed by atoms with Crippen molar-refractivity contribution in [1.29, 1.82) is 0 Å². The highest BCUT2D eigenvalue weighted by Crippen LogP contribution is 2.33. The van der Waals surface area contributed by atoms with E-state index in [2.05, 4.69) is 58.7 Å². The van der Waals surface area contributed by atoms with Gasteiger partial charge in [0.15, 0.2) is 5.96 Å². The summed E-state index contributed by atoms with van der Waals surface area (Å²) >= 11 is 0. The van der Waals surface area contributed by atoms with Crippen molar-refractivity contribution in [3.63, 3.8) is 0 Å². The predicted molar refractivity (Wildman–Crippen MR) is 132 cm³/mol. The number of methoxy groups -OCH3 is 1. The number of hydrogen-bond donors (Lipinski definition) is 2. The van der Waals surface area contributed by atoms with Crippen LogP contribution >= 0.6 is 24.0 Å². The summed E-state index contributed by atoms with van der Waals surface area (Å²) in [6.45, 7) is 7.12. The second kappa shape index (κ2) is 12.7. The Labute approximate surface area is 196 Å². The van der Waals surface area contributed by atoms with Crippen LogP contribution in [0.4, 0.5) is 0 Å². The molecule has 1 saturated heterocycles. The van der Waals surface area contributed by atoms with Crippen LogP contribution < -0.4 is 15.4 Å². The summed E-state index contributed by atoms with van der Waals surface area (Å²) in [6.07, 6.45) is 2.36. The van der Waals surface area contributed by atoms with Gasteiger partial charge in [0.1, 0.15) is 0 Å². The van der Waals surface area contributed by atoms with Crippen molar-refractivity contribution in [1.82, 2.24) is 15.6 Å². The van der Waals surface area contributed by atoms with Crippen molar-refractivity contribution in [2.75, 3.05) is 26.8 Å². The van der Waals surface area contributed by atoms with Gasteiger partial charge in [-0.25, -0.2) is 9.98 Å². The first-order chi connectivity index (χ1) is 14.2. The minimum absolute atomic E-state index is 0. The Morgan fingerprint density at radius 2 is 2.00 bits per heavy atom. The number of rotatable bonds is 7. The van der Waals surface area contributed by atoms with Gasteiger partial charge in [0, 0.05) is 31.7 Å². The summed E-state index contributed by atoms with van der Waals surface area (Å²) in [5, 5.41) is 6.82. The van der Waals surface area contributed by atoms with E-state index in [1.165, 1.54) is 11.1 Å². The number of ether oxygens (including phenoxy) is 2. The summed E-state index contributed by atoms with van der Waals surface area (Å²) in [5.74, 6) is 1.81. The molecule has 1 aromatic heterocycles. The maximum atomic E-state index is 6.14. The number of benzene rings is 1. The Morgan fingerprint density at radius 3 is 2.73 bits per heavy atom. The van der Waals surface area contributed by atoms with E-state index in [0.717, 1.165) is 44.2 Å². The zero-order chi connectivity index (χ0) is 20.5. The zero-order valence-corrected chi connectivity index (χ0v) is 20.4. The molecule has 0 spiro atoms. The van der Waals surface area contributed by atoms with E-state index in [1.54, 1.807) is 7.11 Å².